The molecule has 0 saturated carbocycles. The predicted molar refractivity (Wildman–Crippen MR) is 108 cm³/mol. The van der Waals surface area contributed by atoms with Crippen LogP contribution in [0.15, 0.2) is 48.5 Å². The summed E-state index contributed by atoms with van der Waals surface area (Å²) in [5.74, 6) is 1.03. The van der Waals surface area contributed by atoms with Crippen LogP contribution in [0, 0.1) is 0 Å². The number of nitrogens with zero attached hydrogens (tertiary/aromatic N) is 2. The quantitative estimate of drug-likeness (QED) is 0.825. The number of carbonyl (C=O) groups excluding carboxylic acids is 2. The van der Waals surface area contributed by atoms with Crippen molar-refractivity contribution in [1.29, 1.82) is 0 Å². The van der Waals surface area contributed by atoms with E-state index >= 15 is 0 Å². The van der Waals surface area contributed by atoms with E-state index in [9.17, 15) is 9.59 Å². The summed E-state index contributed by atoms with van der Waals surface area (Å²) in [6, 6.07) is 15.5. The number of hydrogen-bond donors (Lipinski definition) is 0. The molecule has 2 aromatic carbocycles. The van der Waals surface area contributed by atoms with Gasteiger partial charge in [-0.05, 0) is 43.2 Å². The highest BCUT2D eigenvalue weighted by molar-refractivity contribution is 5.95. The monoisotopic (exact) mass is 378 g/mol. The molecule has 2 amide bonds. The number of rotatable bonds is 3. The molecule has 0 aromatic heterocycles. The van der Waals surface area contributed by atoms with Crippen molar-refractivity contribution in [2.45, 2.75) is 25.7 Å². The average molecular weight is 378 g/mol. The normalized spacial score (nSPS) is 16.5. The molecule has 4 rings (SSSR count). The summed E-state index contributed by atoms with van der Waals surface area (Å²) in [5.41, 5.74) is 2.24. The van der Waals surface area contributed by atoms with Crippen LogP contribution in [0.1, 0.15) is 35.3 Å². The van der Waals surface area contributed by atoms with Crippen LogP contribution >= 0.6 is 0 Å². The average Bonchev–Trinajstić information content (AvgIpc) is 3.21. The summed E-state index contributed by atoms with van der Waals surface area (Å²) in [4.78, 5) is 29.7. The van der Waals surface area contributed by atoms with Crippen LogP contribution in [0.2, 0.25) is 0 Å². The number of hydrogen-bond acceptors (Lipinski definition) is 3. The first-order valence-corrected chi connectivity index (χ1v) is 9.87. The SMILES string of the molecule is CC(C)(C(=O)N1CCN(C(=O)c2ccc3c(c2)CCO3)CC1)c1ccccc1. The van der Waals surface area contributed by atoms with E-state index in [0.717, 1.165) is 23.3 Å². The zero-order valence-electron chi connectivity index (χ0n) is 16.5. The zero-order valence-corrected chi connectivity index (χ0v) is 16.5. The lowest BCUT2D eigenvalue weighted by molar-refractivity contribution is -0.137. The molecule has 0 atom stereocenters. The second kappa shape index (κ2) is 7.30. The van der Waals surface area contributed by atoms with Crippen molar-refractivity contribution in [2.75, 3.05) is 32.8 Å². The van der Waals surface area contributed by atoms with Gasteiger partial charge >= 0.3 is 0 Å². The molecule has 2 aliphatic heterocycles. The van der Waals surface area contributed by atoms with E-state index in [1.807, 2.05) is 72.2 Å². The fraction of sp³-hybridized carbons (Fsp3) is 0.391. The van der Waals surface area contributed by atoms with Gasteiger partial charge in [0.05, 0.1) is 12.0 Å². The van der Waals surface area contributed by atoms with Crippen LogP contribution < -0.4 is 4.74 Å². The van der Waals surface area contributed by atoms with Crippen molar-refractivity contribution in [3.8, 4) is 5.75 Å². The molecular formula is C23H26N2O3. The summed E-state index contributed by atoms with van der Waals surface area (Å²) < 4.78 is 5.52. The van der Waals surface area contributed by atoms with E-state index in [1.54, 1.807) is 0 Å². The Morgan fingerprint density at radius 2 is 1.61 bits per heavy atom. The number of amides is 2. The summed E-state index contributed by atoms with van der Waals surface area (Å²) in [5, 5.41) is 0. The first-order valence-electron chi connectivity index (χ1n) is 9.87. The van der Waals surface area contributed by atoms with E-state index in [1.165, 1.54) is 0 Å². The largest absolute Gasteiger partial charge is 0.493 e. The fourth-order valence-electron chi connectivity index (χ4n) is 3.99. The summed E-state index contributed by atoms with van der Waals surface area (Å²) >= 11 is 0. The number of piperazine rings is 1. The number of fused-ring (bicyclic) bond motifs is 1. The Morgan fingerprint density at radius 1 is 0.929 bits per heavy atom. The van der Waals surface area contributed by atoms with E-state index < -0.39 is 5.41 Å². The molecule has 5 heteroatoms. The van der Waals surface area contributed by atoms with Gasteiger partial charge in [-0.25, -0.2) is 0 Å². The summed E-state index contributed by atoms with van der Waals surface area (Å²) in [6.07, 6.45) is 0.854. The highest BCUT2D eigenvalue weighted by Crippen LogP contribution is 2.28. The molecule has 0 spiro atoms. The lowest BCUT2D eigenvalue weighted by Gasteiger charge is -2.38. The van der Waals surface area contributed by atoms with Crippen molar-refractivity contribution in [2.24, 2.45) is 0 Å². The lowest BCUT2D eigenvalue weighted by atomic mass is 9.83. The summed E-state index contributed by atoms with van der Waals surface area (Å²) in [7, 11) is 0. The zero-order chi connectivity index (χ0) is 19.7. The van der Waals surface area contributed by atoms with Gasteiger partial charge in [0.2, 0.25) is 5.91 Å². The minimum absolute atomic E-state index is 0.0316. The highest BCUT2D eigenvalue weighted by Gasteiger charge is 2.35. The maximum atomic E-state index is 13.1. The van der Waals surface area contributed by atoms with Gasteiger partial charge in [0.25, 0.3) is 5.91 Å². The molecule has 0 aliphatic carbocycles. The molecule has 146 valence electrons. The van der Waals surface area contributed by atoms with E-state index in [2.05, 4.69) is 0 Å². The molecule has 1 fully saturated rings. The molecular weight excluding hydrogens is 352 g/mol. The highest BCUT2D eigenvalue weighted by atomic mass is 16.5. The van der Waals surface area contributed by atoms with Gasteiger partial charge in [-0.2, -0.15) is 0 Å². The molecule has 28 heavy (non-hydrogen) atoms. The van der Waals surface area contributed by atoms with Crippen LogP contribution in [0.5, 0.6) is 5.75 Å². The van der Waals surface area contributed by atoms with E-state index in [-0.39, 0.29) is 11.8 Å². The van der Waals surface area contributed by atoms with Crippen molar-refractivity contribution in [1.82, 2.24) is 9.80 Å². The second-order valence-electron chi connectivity index (χ2n) is 8.00. The number of benzene rings is 2. The lowest BCUT2D eigenvalue weighted by Crippen LogP contribution is -2.54. The van der Waals surface area contributed by atoms with Gasteiger partial charge in [0, 0.05) is 38.2 Å². The van der Waals surface area contributed by atoms with E-state index in [0.29, 0.717) is 38.3 Å². The van der Waals surface area contributed by atoms with Crippen molar-refractivity contribution in [3.05, 3.63) is 65.2 Å². The van der Waals surface area contributed by atoms with Crippen LogP contribution in [0.3, 0.4) is 0 Å². The van der Waals surface area contributed by atoms with Crippen molar-refractivity contribution >= 4 is 11.8 Å². The smallest absolute Gasteiger partial charge is 0.253 e. The molecule has 0 unspecified atom stereocenters. The van der Waals surface area contributed by atoms with Gasteiger partial charge in [-0.3, -0.25) is 9.59 Å². The van der Waals surface area contributed by atoms with E-state index in [4.69, 9.17) is 4.74 Å². The third-order valence-corrected chi connectivity index (χ3v) is 5.82. The maximum Gasteiger partial charge on any atom is 0.253 e. The topological polar surface area (TPSA) is 49.9 Å². The molecule has 0 bridgehead atoms. The van der Waals surface area contributed by atoms with Gasteiger partial charge in [0.15, 0.2) is 0 Å². The Labute approximate surface area is 165 Å². The van der Waals surface area contributed by atoms with Gasteiger partial charge in [-0.1, -0.05) is 30.3 Å². The van der Waals surface area contributed by atoms with Gasteiger partial charge in [0.1, 0.15) is 5.75 Å². The minimum atomic E-state index is -0.576. The van der Waals surface area contributed by atoms with Crippen molar-refractivity contribution in [3.63, 3.8) is 0 Å². The molecule has 2 aliphatic rings. The Kier molecular flexibility index (Phi) is 4.84. The van der Waals surface area contributed by atoms with Crippen LogP contribution in [-0.4, -0.2) is 54.4 Å². The van der Waals surface area contributed by atoms with Crippen molar-refractivity contribution < 1.29 is 14.3 Å². The summed E-state index contributed by atoms with van der Waals surface area (Å²) in [6.45, 7) is 6.87. The van der Waals surface area contributed by atoms with Crippen LogP contribution in [0.4, 0.5) is 0 Å². The first-order chi connectivity index (χ1) is 13.5. The third-order valence-electron chi connectivity index (χ3n) is 5.82. The Hall–Kier alpha value is -2.82. The number of carbonyl (C=O) groups is 2. The van der Waals surface area contributed by atoms with Gasteiger partial charge < -0.3 is 14.5 Å². The molecule has 0 radical (unpaired) electrons. The molecule has 2 heterocycles. The molecule has 1 saturated heterocycles. The molecule has 2 aromatic rings. The maximum absolute atomic E-state index is 13.1. The standard InChI is InChI=1S/C23H26N2O3/c1-23(2,19-6-4-3-5-7-19)22(27)25-13-11-24(12-14-25)21(26)18-8-9-20-17(16-18)10-15-28-20/h3-9,16H,10-15H2,1-2H3. The fourth-order valence-corrected chi connectivity index (χ4v) is 3.99. The number of ether oxygens (including phenoxy) is 1. The minimum Gasteiger partial charge on any atom is -0.493 e. The Bertz CT molecular complexity index is 884. The van der Waals surface area contributed by atoms with Gasteiger partial charge in [-0.15, -0.1) is 0 Å². The van der Waals surface area contributed by atoms with Crippen LogP contribution in [-0.2, 0) is 16.6 Å². The van der Waals surface area contributed by atoms with Crippen LogP contribution in [0.25, 0.3) is 0 Å². The molecule has 0 N–H and O–H groups in total. The Morgan fingerprint density at radius 3 is 2.32 bits per heavy atom. The first kappa shape index (κ1) is 18.5. The Balaban J connectivity index is 1.40. The predicted octanol–water partition coefficient (Wildman–Crippen LogP) is 2.88. The third kappa shape index (κ3) is 3.37. The molecule has 5 nitrogen and oxygen atoms in total. The second-order valence-corrected chi connectivity index (χ2v) is 8.00.